The van der Waals surface area contributed by atoms with Crippen molar-refractivity contribution < 1.29 is 14.2 Å². The van der Waals surface area contributed by atoms with Crippen molar-refractivity contribution in [1.29, 1.82) is 0 Å². The van der Waals surface area contributed by atoms with Gasteiger partial charge in [0.05, 0.1) is 12.7 Å². The zero-order valence-corrected chi connectivity index (χ0v) is 11.3. The predicted molar refractivity (Wildman–Crippen MR) is 69.1 cm³/mol. The highest BCUT2D eigenvalue weighted by molar-refractivity contribution is 5.36. The summed E-state index contributed by atoms with van der Waals surface area (Å²) in [5, 5.41) is 11.0. The summed E-state index contributed by atoms with van der Waals surface area (Å²) in [5.41, 5.74) is -1.06. The van der Waals surface area contributed by atoms with E-state index in [-0.39, 0.29) is 11.2 Å². The Morgan fingerprint density at radius 3 is 2.50 bits per heavy atom. The van der Waals surface area contributed by atoms with Gasteiger partial charge in [-0.05, 0) is 24.3 Å². The van der Waals surface area contributed by atoms with Gasteiger partial charge in [0.15, 0.2) is 11.6 Å². The summed E-state index contributed by atoms with van der Waals surface area (Å²) in [5.74, 6) is -0.236. The molecule has 0 saturated heterocycles. The molecule has 1 aliphatic rings. The molecule has 1 aromatic rings. The van der Waals surface area contributed by atoms with Crippen LogP contribution < -0.4 is 4.74 Å². The van der Waals surface area contributed by atoms with Crippen LogP contribution in [0.5, 0.6) is 5.75 Å². The minimum atomic E-state index is -1.11. The summed E-state index contributed by atoms with van der Waals surface area (Å²) < 4.78 is 19.4. The fourth-order valence-corrected chi connectivity index (χ4v) is 2.98. The molecule has 0 aliphatic heterocycles. The average molecular weight is 252 g/mol. The summed E-state index contributed by atoms with van der Waals surface area (Å²) in [6.07, 6.45) is 3.52. The van der Waals surface area contributed by atoms with E-state index in [2.05, 4.69) is 0 Å². The number of hydrogen-bond donors (Lipinski definition) is 1. The van der Waals surface area contributed by atoms with Gasteiger partial charge in [-0.2, -0.15) is 0 Å². The highest BCUT2D eigenvalue weighted by Crippen LogP contribution is 2.51. The van der Waals surface area contributed by atoms with Crippen LogP contribution in [0.1, 0.15) is 45.1 Å². The van der Waals surface area contributed by atoms with Gasteiger partial charge < -0.3 is 9.84 Å². The minimum Gasteiger partial charge on any atom is -0.494 e. The van der Waals surface area contributed by atoms with Crippen LogP contribution in [0, 0.1) is 11.2 Å². The largest absolute Gasteiger partial charge is 0.494 e. The Bertz CT molecular complexity index is 442. The Morgan fingerprint density at radius 2 is 1.89 bits per heavy atom. The molecule has 0 heterocycles. The molecule has 1 aliphatic carbocycles. The highest BCUT2D eigenvalue weighted by Gasteiger charge is 2.48. The lowest BCUT2D eigenvalue weighted by atomic mass is 9.62. The van der Waals surface area contributed by atoms with Crippen molar-refractivity contribution in [3.8, 4) is 5.75 Å². The molecule has 3 heteroatoms. The number of aliphatic hydroxyl groups is 1. The smallest absolute Gasteiger partial charge is 0.171 e. The third kappa shape index (κ3) is 1.91. The van der Waals surface area contributed by atoms with Crippen LogP contribution in [-0.2, 0) is 5.60 Å². The quantitative estimate of drug-likeness (QED) is 0.871. The SMILES string of the molecule is COc1cccc(C2(O)CCCCC2(C)C)c1F. The molecular weight excluding hydrogens is 231 g/mol. The lowest BCUT2D eigenvalue weighted by Gasteiger charge is -2.47. The van der Waals surface area contributed by atoms with Gasteiger partial charge >= 0.3 is 0 Å². The highest BCUT2D eigenvalue weighted by atomic mass is 19.1. The predicted octanol–water partition coefficient (Wildman–Crippen LogP) is 3.62. The van der Waals surface area contributed by atoms with Crippen LogP contribution in [-0.4, -0.2) is 12.2 Å². The van der Waals surface area contributed by atoms with Crippen molar-refractivity contribution >= 4 is 0 Å². The van der Waals surface area contributed by atoms with Gasteiger partial charge in [-0.1, -0.05) is 38.8 Å². The summed E-state index contributed by atoms with van der Waals surface area (Å²) in [7, 11) is 1.44. The van der Waals surface area contributed by atoms with E-state index < -0.39 is 11.4 Å². The van der Waals surface area contributed by atoms with Crippen molar-refractivity contribution in [2.75, 3.05) is 7.11 Å². The molecule has 100 valence electrons. The molecule has 1 N–H and O–H groups in total. The summed E-state index contributed by atoms with van der Waals surface area (Å²) in [4.78, 5) is 0. The Balaban J connectivity index is 2.52. The van der Waals surface area contributed by atoms with Crippen LogP contribution in [0.15, 0.2) is 18.2 Å². The number of benzene rings is 1. The van der Waals surface area contributed by atoms with E-state index in [1.54, 1.807) is 18.2 Å². The minimum absolute atomic E-state index is 0.197. The molecule has 0 bridgehead atoms. The van der Waals surface area contributed by atoms with Crippen molar-refractivity contribution in [3.63, 3.8) is 0 Å². The van der Waals surface area contributed by atoms with E-state index in [4.69, 9.17) is 4.74 Å². The van der Waals surface area contributed by atoms with E-state index in [1.165, 1.54) is 7.11 Å². The first-order chi connectivity index (χ1) is 8.42. The fourth-order valence-electron chi connectivity index (χ4n) is 2.98. The topological polar surface area (TPSA) is 29.5 Å². The van der Waals surface area contributed by atoms with E-state index in [0.29, 0.717) is 12.0 Å². The van der Waals surface area contributed by atoms with Crippen molar-refractivity contribution in [2.45, 2.75) is 45.1 Å². The first-order valence-electron chi connectivity index (χ1n) is 6.48. The Morgan fingerprint density at radius 1 is 1.22 bits per heavy atom. The third-order valence-electron chi connectivity index (χ3n) is 4.34. The molecular formula is C15H21FO2. The second-order valence-electron chi connectivity index (χ2n) is 5.77. The molecule has 0 aromatic heterocycles. The number of ether oxygens (including phenoxy) is 1. The van der Waals surface area contributed by atoms with Crippen molar-refractivity contribution in [2.24, 2.45) is 5.41 Å². The van der Waals surface area contributed by atoms with Crippen LogP contribution in [0.4, 0.5) is 4.39 Å². The molecule has 18 heavy (non-hydrogen) atoms. The van der Waals surface area contributed by atoms with E-state index in [9.17, 15) is 9.50 Å². The number of rotatable bonds is 2. The second kappa shape index (κ2) is 4.54. The van der Waals surface area contributed by atoms with E-state index in [0.717, 1.165) is 19.3 Å². The van der Waals surface area contributed by atoms with E-state index >= 15 is 0 Å². The molecule has 1 atom stereocenters. The lowest BCUT2D eigenvalue weighted by Crippen LogP contribution is -2.45. The summed E-state index contributed by atoms with van der Waals surface area (Å²) in [6, 6.07) is 4.99. The maximum Gasteiger partial charge on any atom is 0.171 e. The normalized spacial score (nSPS) is 26.9. The molecule has 1 saturated carbocycles. The molecule has 0 amide bonds. The zero-order valence-electron chi connectivity index (χ0n) is 11.3. The molecule has 2 rings (SSSR count). The van der Waals surface area contributed by atoms with Crippen LogP contribution >= 0.6 is 0 Å². The fraction of sp³-hybridized carbons (Fsp3) is 0.600. The Labute approximate surface area is 108 Å². The summed E-state index contributed by atoms with van der Waals surface area (Å²) >= 11 is 0. The molecule has 1 aromatic carbocycles. The Kier molecular flexibility index (Phi) is 3.37. The standard InChI is InChI=1S/C15H21FO2/c1-14(2)9-4-5-10-15(14,17)11-7-6-8-12(18-3)13(11)16/h6-8,17H,4-5,9-10H2,1-3H3. The zero-order chi connectivity index (χ0) is 13.4. The van der Waals surface area contributed by atoms with Crippen molar-refractivity contribution in [3.05, 3.63) is 29.6 Å². The van der Waals surface area contributed by atoms with Gasteiger partial charge in [0.1, 0.15) is 0 Å². The van der Waals surface area contributed by atoms with Crippen LogP contribution in [0.25, 0.3) is 0 Å². The van der Waals surface area contributed by atoms with E-state index in [1.807, 2.05) is 13.8 Å². The van der Waals surface area contributed by atoms with Gasteiger partial charge in [-0.25, -0.2) is 4.39 Å². The molecule has 1 fully saturated rings. The number of hydrogen-bond acceptors (Lipinski definition) is 2. The number of halogens is 1. The first-order valence-corrected chi connectivity index (χ1v) is 6.48. The van der Waals surface area contributed by atoms with Crippen LogP contribution in [0.2, 0.25) is 0 Å². The average Bonchev–Trinajstić information content (AvgIpc) is 2.33. The first kappa shape index (κ1) is 13.3. The Hall–Kier alpha value is -1.09. The second-order valence-corrected chi connectivity index (χ2v) is 5.77. The number of methoxy groups -OCH3 is 1. The molecule has 1 unspecified atom stereocenters. The maximum absolute atomic E-state index is 14.4. The lowest BCUT2D eigenvalue weighted by molar-refractivity contribution is -0.106. The van der Waals surface area contributed by atoms with Crippen molar-refractivity contribution in [1.82, 2.24) is 0 Å². The van der Waals surface area contributed by atoms with Crippen LogP contribution in [0.3, 0.4) is 0 Å². The van der Waals surface area contributed by atoms with Gasteiger partial charge in [-0.3, -0.25) is 0 Å². The molecule has 0 spiro atoms. The van der Waals surface area contributed by atoms with Gasteiger partial charge in [-0.15, -0.1) is 0 Å². The van der Waals surface area contributed by atoms with Gasteiger partial charge in [0.25, 0.3) is 0 Å². The monoisotopic (exact) mass is 252 g/mol. The third-order valence-corrected chi connectivity index (χ3v) is 4.34. The molecule has 2 nitrogen and oxygen atoms in total. The van der Waals surface area contributed by atoms with Gasteiger partial charge in [0, 0.05) is 5.56 Å². The maximum atomic E-state index is 14.4. The molecule has 0 radical (unpaired) electrons. The summed E-state index contributed by atoms with van der Waals surface area (Å²) in [6.45, 7) is 4.01. The van der Waals surface area contributed by atoms with Gasteiger partial charge in [0.2, 0.25) is 0 Å².